The van der Waals surface area contributed by atoms with Crippen LogP contribution in [0.5, 0.6) is 0 Å². The van der Waals surface area contributed by atoms with Crippen LogP contribution in [0.4, 0.5) is 18.9 Å². The lowest BCUT2D eigenvalue weighted by atomic mass is 9.85. The van der Waals surface area contributed by atoms with Crippen molar-refractivity contribution in [3.05, 3.63) is 29.8 Å². The molecule has 0 aromatic heterocycles. The average Bonchev–Trinajstić information content (AvgIpc) is 2.46. The first-order valence-electron chi connectivity index (χ1n) is 8.00. The van der Waals surface area contributed by atoms with Gasteiger partial charge in [0, 0.05) is 12.1 Å². The predicted molar refractivity (Wildman–Crippen MR) is 84.2 cm³/mol. The van der Waals surface area contributed by atoms with Crippen molar-refractivity contribution in [1.82, 2.24) is 5.32 Å². The minimum Gasteiger partial charge on any atom is -0.326 e. The van der Waals surface area contributed by atoms with E-state index in [1.165, 1.54) is 18.2 Å². The Hall–Kier alpha value is -1.56. The van der Waals surface area contributed by atoms with E-state index in [1.807, 2.05) is 0 Å². The molecular formula is C17H23F3N2O. The number of carbonyl (C=O) groups excluding carboxylic acids is 1. The summed E-state index contributed by atoms with van der Waals surface area (Å²) in [7, 11) is 0. The first-order chi connectivity index (χ1) is 10.8. The first kappa shape index (κ1) is 17.8. The lowest BCUT2D eigenvalue weighted by Gasteiger charge is -2.28. The van der Waals surface area contributed by atoms with Gasteiger partial charge in [0.15, 0.2) is 0 Å². The Balaban J connectivity index is 1.88. The highest BCUT2D eigenvalue weighted by Gasteiger charge is 2.27. The van der Waals surface area contributed by atoms with Gasteiger partial charge in [-0.05, 0) is 55.5 Å². The number of hydrogen-bond donors (Lipinski definition) is 2. The van der Waals surface area contributed by atoms with Crippen LogP contribution < -0.4 is 10.6 Å². The molecule has 6 heteroatoms. The van der Waals surface area contributed by atoms with Crippen LogP contribution in [0.1, 0.15) is 31.7 Å². The van der Waals surface area contributed by atoms with Crippen LogP contribution >= 0.6 is 0 Å². The molecule has 128 valence electrons. The van der Waals surface area contributed by atoms with Gasteiger partial charge < -0.3 is 10.6 Å². The zero-order valence-corrected chi connectivity index (χ0v) is 13.2. The van der Waals surface area contributed by atoms with Crippen molar-refractivity contribution in [2.45, 2.75) is 38.8 Å². The van der Waals surface area contributed by atoms with E-state index in [4.69, 9.17) is 0 Å². The number of anilines is 1. The van der Waals surface area contributed by atoms with Crippen LogP contribution in [0.3, 0.4) is 0 Å². The Kier molecular flexibility index (Phi) is 6.04. The lowest BCUT2D eigenvalue weighted by Crippen LogP contribution is -2.34. The Labute approximate surface area is 134 Å². The third-order valence-electron chi connectivity index (χ3n) is 4.26. The second kappa shape index (κ2) is 7.81. The molecule has 1 heterocycles. The number of alkyl halides is 3. The predicted octanol–water partition coefficient (Wildman–Crippen LogP) is 3.76. The number of nitrogens with one attached hydrogen (secondary N) is 2. The smallest absolute Gasteiger partial charge is 0.326 e. The molecule has 1 aliphatic rings. The van der Waals surface area contributed by atoms with Gasteiger partial charge in [-0.3, -0.25) is 4.79 Å². The van der Waals surface area contributed by atoms with E-state index in [1.54, 1.807) is 6.07 Å². The third-order valence-corrected chi connectivity index (χ3v) is 4.26. The molecule has 0 aliphatic carbocycles. The zero-order valence-electron chi connectivity index (χ0n) is 13.2. The fraction of sp³-hybridized carbons (Fsp3) is 0.588. The summed E-state index contributed by atoms with van der Waals surface area (Å²) in [5.41, 5.74) is 0.575. The fourth-order valence-corrected chi connectivity index (χ4v) is 3.03. The van der Waals surface area contributed by atoms with Crippen LogP contribution in [0.25, 0.3) is 0 Å². The largest absolute Gasteiger partial charge is 0.393 e. The van der Waals surface area contributed by atoms with Gasteiger partial charge in [0.05, 0.1) is 6.42 Å². The van der Waals surface area contributed by atoms with Crippen molar-refractivity contribution in [3.63, 3.8) is 0 Å². The molecule has 0 bridgehead atoms. The van der Waals surface area contributed by atoms with Crippen LogP contribution in [0.15, 0.2) is 24.3 Å². The molecule has 1 aromatic rings. The maximum Gasteiger partial charge on any atom is 0.393 e. The lowest BCUT2D eigenvalue weighted by molar-refractivity contribution is -0.127. The van der Waals surface area contributed by atoms with E-state index in [9.17, 15) is 18.0 Å². The minimum atomic E-state index is -4.24. The molecule has 1 fully saturated rings. The number of amides is 1. The molecule has 2 rings (SSSR count). The first-order valence-corrected chi connectivity index (χ1v) is 8.00. The summed E-state index contributed by atoms with van der Waals surface area (Å²) in [5.74, 6) is 0.583. The molecule has 2 N–H and O–H groups in total. The number of carbonyl (C=O) groups is 1. The monoisotopic (exact) mass is 328 g/mol. The van der Waals surface area contributed by atoms with Gasteiger partial charge in [0.25, 0.3) is 0 Å². The van der Waals surface area contributed by atoms with Gasteiger partial charge >= 0.3 is 6.18 Å². The summed E-state index contributed by atoms with van der Waals surface area (Å²) in [5, 5.41) is 6.04. The van der Waals surface area contributed by atoms with E-state index < -0.39 is 12.6 Å². The van der Waals surface area contributed by atoms with Crippen LogP contribution in [0, 0.1) is 11.8 Å². The number of benzene rings is 1. The molecule has 0 radical (unpaired) electrons. The van der Waals surface area contributed by atoms with E-state index in [0.29, 0.717) is 18.0 Å². The molecule has 0 saturated carbocycles. The molecule has 1 aromatic carbocycles. The molecule has 2 unspecified atom stereocenters. The Morgan fingerprint density at radius 1 is 1.43 bits per heavy atom. The van der Waals surface area contributed by atoms with Crippen molar-refractivity contribution in [2.75, 3.05) is 18.4 Å². The minimum absolute atomic E-state index is 0.146. The molecule has 1 amide bonds. The molecule has 0 spiro atoms. The van der Waals surface area contributed by atoms with E-state index in [0.717, 1.165) is 25.9 Å². The number of hydrogen-bond acceptors (Lipinski definition) is 2. The molecular weight excluding hydrogens is 305 g/mol. The summed E-state index contributed by atoms with van der Waals surface area (Å²) < 4.78 is 37.3. The highest BCUT2D eigenvalue weighted by atomic mass is 19.4. The zero-order chi connectivity index (χ0) is 16.9. The Morgan fingerprint density at radius 3 is 2.87 bits per heavy atom. The van der Waals surface area contributed by atoms with Crippen LogP contribution in [-0.2, 0) is 11.2 Å². The number of halogens is 3. The maximum atomic E-state index is 12.4. The third kappa shape index (κ3) is 6.22. The number of piperidine rings is 1. The highest BCUT2D eigenvalue weighted by Crippen LogP contribution is 2.25. The van der Waals surface area contributed by atoms with Gasteiger partial charge in [-0.2, -0.15) is 13.2 Å². The highest BCUT2D eigenvalue weighted by molar-refractivity contribution is 5.90. The summed E-state index contributed by atoms with van der Waals surface area (Å²) >= 11 is 0. The van der Waals surface area contributed by atoms with Crippen LogP contribution in [0.2, 0.25) is 0 Å². The molecule has 23 heavy (non-hydrogen) atoms. The van der Waals surface area contributed by atoms with Crippen molar-refractivity contribution >= 4 is 11.6 Å². The summed E-state index contributed by atoms with van der Waals surface area (Å²) in [6.45, 7) is 4.01. The quantitative estimate of drug-likeness (QED) is 0.864. The maximum absolute atomic E-state index is 12.4. The Bertz CT molecular complexity index is 525. The van der Waals surface area contributed by atoms with Gasteiger partial charge in [0.2, 0.25) is 5.91 Å². The van der Waals surface area contributed by atoms with Gasteiger partial charge in [0.1, 0.15) is 0 Å². The fourth-order valence-electron chi connectivity index (χ4n) is 3.03. The summed E-state index contributed by atoms with van der Waals surface area (Å²) in [4.78, 5) is 12.1. The Morgan fingerprint density at radius 2 is 2.22 bits per heavy atom. The topological polar surface area (TPSA) is 41.1 Å². The number of rotatable bonds is 5. The summed E-state index contributed by atoms with van der Waals surface area (Å²) in [6, 6.07) is 5.95. The van der Waals surface area contributed by atoms with E-state index in [2.05, 4.69) is 17.6 Å². The SMILES string of the molecule is CC(CC(=O)Nc1cccc(CC(F)(F)F)c1)C1CCCNC1. The molecule has 1 saturated heterocycles. The molecule has 2 atom stereocenters. The van der Waals surface area contributed by atoms with Crippen molar-refractivity contribution in [2.24, 2.45) is 11.8 Å². The normalized spacial score (nSPS) is 20.1. The van der Waals surface area contributed by atoms with Crippen LogP contribution in [-0.4, -0.2) is 25.2 Å². The summed E-state index contributed by atoms with van der Waals surface area (Å²) in [6.07, 6.45) is -2.61. The van der Waals surface area contributed by atoms with Crippen molar-refractivity contribution < 1.29 is 18.0 Å². The van der Waals surface area contributed by atoms with Crippen molar-refractivity contribution in [3.8, 4) is 0 Å². The van der Waals surface area contributed by atoms with Gasteiger partial charge in [-0.25, -0.2) is 0 Å². The van der Waals surface area contributed by atoms with Crippen molar-refractivity contribution in [1.29, 1.82) is 0 Å². The van der Waals surface area contributed by atoms with Gasteiger partial charge in [-0.15, -0.1) is 0 Å². The second-order valence-electron chi connectivity index (χ2n) is 6.33. The van der Waals surface area contributed by atoms with E-state index in [-0.39, 0.29) is 17.4 Å². The molecule has 1 aliphatic heterocycles. The average molecular weight is 328 g/mol. The van der Waals surface area contributed by atoms with Gasteiger partial charge in [-0.1, -0.05) is 19.1 Å². The van der Waals surface area contributed by atoms with E-state index >= 15 is 0 Å². The second-order valence-corrected chi connectivity index (χ2v) is 6.33. The standard InChI is InChI=1S/C17H23F3N2O/c1-12(14-5-3-7-21-11-14)8-16(23)22-15-6-2-4-13(9-15)10-17(18,19)20/h2,4,6,9,12,14,21H,3,5,7-8,10-11H2,1H3,(H,22,23). The molecule has 3 nitrogen and oxygen atoms in total.